The molecule has 3 aromatic carbocycles. The van der Waals surface area contributed by atoms with E-state index in [9.17, 15) is 14.7 Å². The average Bonchev–Trinajstić information content (AvgIpc) is 3.37. The number of fused-ring (bicyclic) bond motifs is 1. The maximum atomic E-state index is 15.0. The Balaban J connectivity index is 1.73. The van der Waals surface area contributed by atoms with Gasteiger partial charge in [-0.3, -0.25) is 14.5 Å². The van der Waals surface area contributed by atoms with E-state index in [1.54, 1.807) is 30.3 Å². The van der Waals surface area contributed by atoms with Crippen molar-refractivity contribution in [3.63, 3.8) is 0 Å². The first-order valence-electron chi connectivity index (χ1n) is 10.9. The van der Waals surface area contributed by atoms with E-state index in [0.29, 0.717) is 11.1 Å². The summed E-state index contributed by atoms with van der Waals surface area (Å²) in [5, 5.41) is 11.4. The minimum Gasteiger partial charge on any atom is -0.507 e. The zero-order chi connectivity index (χ0) is 24.0. The Bertz CT molecular complexity index is 1470. The molecule has 1 unspecified atom stereocenters. The van der Waals surface area contributed by atoms with Gasteiger partial charge in [0.05, 0.1) is 15.8 Å². The van der Waals surface area contributed by atoms with Gasteiger partial charge in [-0.25, -0.2) is 9.37 Å². The van der Waals surface area contributed by atoms with Crippen LogP contribution in [0.1, 0.15) is 35.2 Å². The van der Waals surface area contributed by atoms with Gasteiger partial charge >= 0.3 is 5.91 Å². The van der Waals surface area contributed by atoms with E-state index in [1.807, 2.05) is 32.0 Å². The van der Waals surface area contributed by atoms with E-state index in [4.69, 9.17) is 0 Å². The van der Waals surface area contributed by atoms with E-state index in [1.165, 1.54) is 34.4 Å². The third kappa shape index (κ3) is 3.58. The highest BCUT2D eigenvalue weighted by atomic mass is 32.1. The molecular weight excluding hydrogens is 451 g/mol. The first kappa shape index (κ1) is 22.0. The molecule has 1 saturated heterocycles. The quantitative estimate of drug-likeness (QED) is 0.227. The summed E-state index contributed by atoms with van der Waals surface area (Å²) in [5.41, 5.74) is 3.11. The second-order valence-electron chi connectivity index (χ2n) is 8.21. The summed E-state index contributed by atoms with van der Waals surface area (Å²) >= 11 is 1.26. The van der Waals surface area contributed by atoms with Crippen LogP contribution in [-0.4, -0.2) is 21.8 Å². The third-order valence-electron chi connectivity index (χ3n) is 6.03. The number of aromatic nitrogens is 1. The summed E-state index contributed by atoms with van der Waals surface area (Å²) in [5.74, 6) is -2.65. The molecule has 0 aliphatic carbocycles. The number of carbonyl (C=O) groups is 2. The molecule has 1 aromatic heterocycles. The number of carbonyl (C=O) groups excluding carboxylic acids is 2. The number of aryl methyl sites for hydroxylation is 2. The van der Waals surface area contributed by atoms with E-state index in [0.717, 1.165) is 22.2 Å². The van der Waals surface area contributed by atoms with Gasteiger partial charge in [-0.05, 0) is 37.1 Å². The van der Waals surface area contributed by atoms with Crippen LogP contribution in [0.3, 0.4) is 0 Å². The molecule has 1 atom stereocenters. The van der Waals surface area contributed by atoms with Gasteiger partial charge < -0.3 is 5.11 Å². The summed E-state index contributed by atoms with van der Waals surface area (Å²) in [4.78, 5) is 32.3. The van der Waals surface area contributed by atoms with Crippen LogP contribution < -0.4 is 4.90 Å². The first-order valence-corrected chi connectivity index (χ1v) is 11.7. The highest BCUT2D eigenvalue weighted by Gasteiger charge is 2.49. The number of anilines is 1. The molecule has 1 aliphatic rings. The van der Waals surface area contributed by atoms with Crippen molar-refractivity contribution in [3.05, 3.63) is 100 Å². The monoisotopic (exact) mass is 472 g/mol. The van der Waals surface area contributed by atoms with Crippen molar-refractivity contribution in [2.75, 3.05) is 4.90 Å². The maximum absolute atomic E-state index is 15.0. The Labute approximate surface area is 199 Å². The molecule has 0 radical (unpaired) electrons. The molecule has 5 nitrogen and oxygen atoms in total. The molecule has 0 bridgehead atoms. The van der Waals surface area contributed by atoms with Crippen LogP contribution in [0.25, 0.3) is 16.0 Å². The summed E-state index contributed by atoms with van der Waals surface area (Å²) in [6.45, 7) is 3.95. The molecule has 0 saturated carbocycles. The zero-order valence-corrected chi connectivity index (χ0v) is 19.4. The van der Waals surface area contributed by atoms with Crippen molar-refractivity contribution in [1.29, 1.82) is 0 Å². The van der Waals surface area contributed by atoms with Gasteiger partial charge in [-0.15, -0.1) is 0 Å². The Morgan fingerprint density at radius 3 is 2.53 bits per heavy atom. The molecule has 1 amide bonds. The van der Waals surface area contributed by atoms with Crippen molar-refractivity contribution in [1.82, 2.24) is 4.98 Å². The number of aliphatic hydroxyl groups is 1. The standard InChI is InChI=1S/C27H21FN2O3S/c1-3-16-10-13-20-21(14-16)34-27(29-20)30-23(18-6-4-5-7-19(18)28)22(25(32)26(30)33)24(31)17-11-8-15(2)9-12-17/h4-14,23,31H,3H2,1-2H3/b24-22+. The molecule has 1 N–H and O–H groups in total. The lowest BCUT2D eigenvalue weighted by molar-refractivity contribution is -0.132. The fourth-order valence-corrected chi connectivity index (χ4v) is 5.22. The van der Waals surface area contributed by atoms with Gasteiger partial charge in [0.2, 0.25) is 0 Å². The molecule has 34 heavy (non-hydrogen) atoms. The van der Waals surface area contributed by atoms with Gasteiger partial charge in [0.1, 0.15) is 17.6 Å². The topological polar surface area (TPSA) is 70.5 Å². The van der Waals surface area contributed by atoms with E-state index in [-0.39, 0.29) is 22.0 Å². The number of hydrogen-bond donors (Lipinski definition) is 1. The Kier molecular flexibility index (Phi) is 5.49. The fraction of sp³-hybridized carbons (Fsp3) is 0.148. The Morgan fingerprint density at radius 2 is 1.82 bits per heavy atom. The molecule has 1 fully saturated rings. The number of hydrogen-bond acceptors (Lipinski definition) is 5. The minimum atomic E-state index is -1.14. The van der Waals surface area contributed by atoms with Crippen molar-refractivity contribution < 1.29 is 19.1 Å². The van der Waals surface area contributed by atoms with Crippen LogP contribution in [0.2, 0.25) is 0 Å². The number of Topliss-reactive ketones (excluding diaryl/α,β-unsaturated/α-hetero) is 1. The summed E-state index contributed by atoms with van der Waals surface area (Å²) in [6, 6.07) is 17.6. The number of aliphatic hydroxyl groups excluding tert-OH is 1. The second-order valence-corrected chi connectivity index (χ2v) is 9.22. The summed E-state index contributed by atoms with van der Waals surface area (Å²) in [7, 11) is 0. The van der Waals surface area contributed by atoms with Gasteiger partial charge in [0.15, 0.2) is 5.13 Å². The molecule has 5 rings (SSSR count). The first-order chi connectivity index (χ1) is 16.4. The number of nitrogens with zero attached hydrogens (tertiary/aromatic N) is 2. The van der Waals surface area contributed by atoms with Crippen LogP contribution in [0.4, 0.5) is 9.52 Å². The lowest BCUT2D eigenvalue weighted by atomic mass is 9.95. The van der Waals surface area contributed by atoms with E-state index < -0.39 is 23.5 Å². The SMILES string of the molecule is CCc1ccc2nc(N3C(=O)C(=O)/C(=C(/O)c4ccc(C)cc4)C3c3ccccc3F)sc2c1. The Hall–Kier alpha value is -3.84. The van der Waals surface area contributed by atoms with Crippen LogP contribution in [0, 0.1) is 12.7 Å². The smallest absolute Gasteiger partial charge is 0.301 e. The molecule has 7 heteroatoms. The fourth-order valence-electron chi connectivity index (χ4n) is 4.17. The van der Waals surface area contributed by atoms with Crippen LogP contribution in [-0.2, 0) is 16.0 Å². The van der Waals surface area contributed by atoms with Crippen molar-refractivity contribution in [2.24, 2.45) is 0 Å². The number of ketones is 1. The summed E-state index contributed by atoms with van der Waals surface area (Å²) < 4.78 is 15.9. The lowest BCUT2D eigenvalue weighted by Gasteiger charge is -2.23. The average molecular weight is 473 g/mol. The van der Waals surface area contributed by atoms with Gasteiger partial charge in [0.25, 0.3) is 5.78 Å². The van der Waals surface area contributed by atoms with E-state index in [2.05, 4.69) is 4.98 Å². The zero-order valence-electron chi connectivity index (χ0n) is 18.6. The minimum absolute atomic E-state index is 0.115. The number of thiazole rings is 1. The maximum Gasteiger partial charge on any atom is 0.301 e. The number of rotatable bonds is 4. The van der Waals surface area contributed by atoms with Gasteiger partial charge in [-0.2, -0.15) is 0 Å². The number of halogens is 1. The van der Waals surface area contributed by atoms with Crippen LogP contribution in [0.5, 0.6) is 0 Å². The van der Waals surface area contributed by atoms with Crippen LogP contribution in [0.15, 0.2) is 72.3 Å². The number of benzene rings is 3. The largest absolute Gasteiger partial charge is 0.507 e. The highest BCUT2D eigenvalue weighted by Crippen LogP contribution is 2.45. The van der Waals surface area contributed by atoms with Crippen molar-refractivity contribution in [2.45, 2.75) is 26.3 Å². The highest BCUT2D eigenvalue weighted by molar-refractivity contribution is 7.22. The molecule has 2 heterocycles. The van der Waals surface area contributed by atoms with Gasteiger partial charge in [0, 0.05) is 11.1 Å². The van der Waals surface area contributed by atoms with Gasteiger partial charge in [-0.1, -0.05) is 72.4 Å². The molecule has 4 aromatic rings. The van der Waals surface area contributed by atoms with E-state index >= 15 is 4.39 Å². The second kappa shape index (κ2) is 8.50. The molecule has 0 spiro atoms. The third-order valence-corrected chi connectivity index (χ3v) is 7.04. The van der Waals surface area contributed by atoms with Crippen molar-refractivity contribution in [3.8, 4) is 0 Å². The molecular formula is C27H21FN2O3S. The Morgan fingerprint density at radius 1 is 1.09 bits per heavy atom. The predicted octanol–water partition coefficient (Wildman–Crippen LogP) is 5.93. The molecule has 1 aliphatic heterocycles. The molecule has 170 valence electrons. The lowest BCUT2D eigenvalue weighted by Crippen LogP contribution is -2.29. The summed E-state index contributed by atoms with van der Waals surface area (Å²) in [6.07, 6.45) is 0.847. The number of amides is 1. The van der Waals surface area contributed by atoms with Crippen LogP contribution >= 0.6 is 11.3 Å². The van der Waals surface area contributed by atoms with Crippen molar-refractivity contribution >= 4 is 44.1 Å². The normalized spacial score (nSPS) is 17.6. The predicted molar refractivity (Wildman–Crippen MR) is 131 cm³/mol.